The first-order valence-electron chi connectivity index (χ1n) is 9.94. The molecule has 0 unspecified atom stereocenters. The summed E-state index contributed by atoms with van der Waals surface area (Å²) in [7, 11) is 0. The minimum Gasteiger partial charge on any atom is -0.383 e. The third-order valence-electron chi connectivity index (χ3n) is 5.26. The van der Waals surface area contributed by atoms with E-state index in [0.717, 1.165) is 37.0 Å². The van der Waals surface area contributed by atoms with Crippen molar-refractivity contribution >= 4 is 23.5 Å². The molecule has 0 amide bonds. The number of anilines is 3. The first-order chi connectivity index (χ1) is 14.9. The number of hydrogen-bond acceptors (Lipinski definition) is 7. The van der Waals surface area contributed by atoms with Crippen LogP contribution in [0.3, 0.4) is 0 Å². The van der Waals surface area contributed by atoms with E-state index in [9.17, 15) is 8.78 Å². The van der Waals surface area contributed by atoms with Gasteiger partial charge in [-0.25, -0.2) is 13.5 Å². The summed E-state index contributed by atoms with van der Waals surface area (Å²) < 4.78 is 28.6. The van der Waals surface area contributed by atoms with E-state index < -0.39 is 11.6 Å². The lowest BCUT2D eigenvalue weighted by molar-refractivity contribution is 0.284. The van der Waals surface area contributed by atoms with Crippen LogP contribution in [-0.4, -0.2) is 57.4 Å². The van der Waals surface area contributed by atoms with E-state index in [-0.39, 0.29) is 11.8 Å². The van der Waals surface area contributed by atoms with Crippen LogP contribution in [0.5, 0.6) is 0 Å². The number of nitrogens with two attached hydrogens (primary N) is 2. The number of piperazine rings is 1. The highest BCUT2D eigenvalue weighted by Crippen LogP contribution is 2.20. The minimum atomic E-state index is -0.552. The van der Waals surface area contributed by atoms with Gasteiger partial charge in [-0.05, 0) is 19.1 Å². The topological polar surface area (TPSA) is 102 Å². The van der Waals surface area contributed by atoms with Gasteiger partial charge in [-0.2, -0.15) is 15.1 Å². The van der Waals surface area contributed by atoms with Crippen molar-refractivity contribution in [2.75, 3.05) is 49.1 Å². The first-order valence-corrected chi connectivity index (χ1v) is 9.94. The lowest BCUT2D eigenvalue weighted by Crippen LogP contribution is -2.46. The van der Waals surface area contributed by atoms with Crippen LogP contribution in [0.1, 0.15) is 11.3 Å². The predicted octanol–water partition coefficient (Wildman–Crippen LogP) is 2.25. The summed E-state index contributed by atoms with van der Waals surface area (Å²) in [6, 6.07) is 5.26. The van der Waals surface area contributed by atoms with Crippen molar-refractivity contribution in [3.8, 4) is 5.82 Å². The lowest BCUT2D eigenvalue weighted by atomic mass is 10.2. The highest BCUT2D eigenvalue weighted by Gasteiger charge is 2.17. The van der Waals surface area contributed by atoms with Crippen molar-refractivity contribution in [2.24, 2.45) is 0 Å². The summed E-state index contributed by atoms with van der Waals surface area (Å²) in [4.78, 5) is 12.3. The maximum atomic E-state index is 13.5. The molecular weight excluding hydrogens is 402 g/mol. The average molecular weight is 426 g/mol. The molecule has 1 aliphatic heterocycles. The quantitative estimate of drug-likeness (QED) is 0.645. The molecule has 0 aliphatic carbocycles. The Hall–Kier alpha value is -3.53. The maximum absolute atomic E-state index is 13.5. The monoisotopic (exact) mass is 426 g/mol. The lowest BCUT2D eigenvalue weighted by Gasteiger charge is -2.35. The fraction of sp³-hybridized carbons (Fsp3) is 0.286. The van der Waals surface area contributed by atoms with Crippen LogP contribution in [0.15, 0.2) is 36.5 Å². The Morgan fingerprint density at radius 2 is 1.71 bits per heavy atom. The number of rotatable bonds is 5. The van der Waals surface area contributed by atoms with Crippen LogP contribution in [0, 0.1) is 18.6 Å². The fourth-order valence-corrected chi connectivity index (χ4v) is 3.64. The Morgan fingerprint density at radius 1 is 1.00 bits per heavy atom. The molecule has 1 aromatic carbocycles. The number of aromatic nitrogens is 4. The van der Waals surface area contributed by atoms with Gasteiger partial charge in [-0.15, -0.1) is 0 Å². The third kappa shape index (κ3) is 4.80. The van der Waals surface area contributed by atoms with Gasteiger partial charge in [0.2, 0.25) is 5.95 Å². The molecule has 0 spiro atoms. The molecule has 3 heterocycles. The second-order valence-electron chi connectivity index (χ2n) is 7.42. The van der Waals surface area contributed by atoms with E-state index in [2.05, 4.69) is 26.0 Å². The van der Waals surface area contributed by atoms with E-state index >= 15 is 0 Å². The second-order valence-corrected chi connectivity index (χ2v) is 7.42. The molecule has 1 saturated heterocycles. The zero-order valence-corrected chi connectivity index (χ0v) is 17.2. The smallest absolute Gasteiger partial charge is 0.224 e. The van der Waals surface area contributed by atoms with Gasteiger partial charge in [-0.3, -0.25) is 4.90 Å². The summed E-state index contributed by atoms with van der Waals surface area (Å²) in [5.41, 5.74) is 13.9. The SMILES string of the molecule is Cc1c(/C=C/CN2CCN(c3cc(F)cc(F)c3)CC2)cnn1-c1cc(N)nc(N)n1. The zero-order valence-electron chi connectivity index (χ0n) is 17.2. The third-order valence-corrected chi connectivity index (χ3v) is 5.26. The summed E-state index contributed by atoms with van der Waals surface area (Å²) in [6.45, 7) is 5.75. The predicted molar refractivity (Wildman–Crippen MR) is 117 cm³/mol. The molecule has 0 bridgehead atoms. The van der Waals surface area contributed by atoms with Crippen LogP contribution in [0.4, 0.5) is 26.2 Å². The molecule has 0 atom stereocenters. The minimum absolute atomic E-state index is 0.0992. The second kappa shape index (κ2) is 8.68. The molecule has 8 nitrogen and oxygen atoms in total. The molecule has 1 aliphatic rings. The van der Waals surface area contributed by atoms with Crippen molar-refractivity contribution in [3.63, 3.8) is 0 Å². The average Bonchev–Trinajstić information content (AvgIpc) is 3.07. The van der Waals surface area contributed by atoms with Crippen molar-refractivity contribution in [1.29, 1.82) is 0 Å². The fourth-order valence-electron chi connectivity index (χ4n) is 3.64. The highest BCUT2D eigenvalue weighted by atomic mass is 19.1. The summed E-state index contributed by atoms with van der Waals surface area (Å²) in [5.74, 6) is -0.198. The van der Waals surface area contributed by atoms with Gasteiger partial charge >= 0.3 is 0 Å². The van der Waals surface area contributed by atoms with Crippen LogP contribution < -0.4 is 16.4 Å². The van der Waals surface area contributed by atoms with Crippen molar-refractivity contribution in [2.45, 2.75) is 6.92 Å². The maximum Gasteiger partial charge on any atom is 0.224 e. The van der Waals surface area contributed by atoms with Crippen LogP contribution in [-0.2, 0) is 0 Å². The first kappa shape index (κ1) is 20.7. The normalized spacial score (nSPS) is 15.1. The van der Waals surface area contributed by atoms with Gasteiger partial charge < -0.3 is 16.4 Å². The van der Waals surface area contributed by atoms with Gasteiger partial charge in [0.25, 0.3) is 0 Å². The van der Waals surface area contributed by atoms with Crippen molar-refractivity contribution < 1.29 is 8.78 Å². The van der Waals surface area contributed by atoms with Gasteiger partial charge in [0.15, 0.2) is 5.82 Å². The van der Waals surface area contributed by atoms with Crippen LogP contribution in [0.2, 0.25) is 0 Å². The molecule has 31 heavy (non-hydrogen) atoms. The van der Waals surface area contributed by atoms with E-state index in [1.54, 1.807) is 16.9 Å². The Labute approximate surface area is 178 Å². The molecule has 2 aromatic heterocycles. The molecule has 162 valence electrons. The number of halogens is 2. The van der Waals surface area contributed by atoms with Gasteiger partial charge in [-0.1, -0.05) is 12.2 Å². The van der Waals surface area contributed by atoms with Crippen molar-refractivity contribution in [1.82, 2.24) is 24.6 Å². The van der Waals surface area contributed by atoms with Gasteiger partial charge in [0.1, 0.15) is 17.5 Å². The van der Waals surface area contributed by atoms with E-state index in [4.69, 9.17) is 11.5 Å². The number of benzene rings is 1. The number of nitrogen functional groups attached to an aromatic ring is 2. The van der Waals surface area contributed by atoms with E-state index in [1.807, 2.05) is 17.9 Å². The largest absolute Gasteiger partial charge is 0.383 e. The van der Waals surface area contributed by atoms with E-state index in [1.165, 1.54) is 12.1 Å². The molecule has 1 fully saturated rings. The molecule has 3 aromatic rings. The molecular formula is C21H24F2N8. The summed E-state index contributed by atoms with van der Waals surface area (Å²) in [6.07, 6.45) is 5.85. The van der Waals surface area contributed by atoms with Crippen molar-refractivity contribution in [3.05, 3.63) is 59.4 Å². The van der Waals surface area contributed by atoms with Gasteiger partial charge in [0.05, 0.1) is 11.9 Å². The number of nitrogens with zero attached hydrogens (tertiary/aromatic N) is 6. The Bertz CT molecular complexity index is 1060. The summed E-state index contributed by atoms with van der Waals surface area (Å²) >= 11 is 0. The molecule has 4 rings (SSSR count). The summed E-state index contributed by atoms with van der Waals surface area (Å²) in [5, 5.41) is 4.37. The molecule has 0 saturated carbocycles. The van der Waals surface area contributed by atoms with Crippen LogP contribution in [0.25, 0.3) is 11.9 Å². The standard InChI is InChI=1S/C21H24F2N8/c1-14-15(13-26-31(14)20-12-19(24)27-21(25)28-20)3-2-4-29-5-7-30(8-6-29)18-10-16(22)9-17(23)11-18/h2-3,9-13H,4-8H2,1H3,(H4,24,25,27,28)/b3-2+. The molecule has 10 heteroatoms. The molecule has 0 radical (unpaired) electrons. The van der Waals surface area contributed by atoms with Gasteiger partial charge in [0, 0.05) is 56.1 Å². The zero-order chi connectivity index (χ0) is 22.0. The van der Waals surface area contributed by atoms with Crippen LogP contribution >= 0.6 is 0 Å². The highest BCUT2D eigenvalue weighted by molar-refractivity contribution is 5.53. The Kier molecular flexibility index (Phi) is 5.81. The Morgan fingerprint density at radius 3 is 2.39 bits per heavy atom. The number of hydrogen-bond donors (Lipinski definition) is 2. The Balaban J connectivity index is 1.35. The molecule has 4 N–H and O–H groups in total. The van der Waals surface area contributed by atoms with E-state index in [0.29, 0.717) is 24.6 Å².